The molecule has 0 radical (unpaired) electrons. The number of ketones is 1. The highest BCUT2D eigenvalue weighted by Crippen LogP contribution is 2.38. The first-order valence-corrected chi connectivity index (χ1v) is 7.73. The second-order valence-corrected chi connectivity index (χ2v) is 6.81. The fraction of sp³-hybridized carbons (Fsp3) is 0.588. The van der Waals surface area contributed by atoms with Crippen molar-refractivity contribution in [3.05, 3.63) is 34.3 Å². The van der Waals surface area contributed by atoms with Crippen LogP contribution in [-0.4, -0.2) is 30.3 Å². The van der Waals surface area contributed by atoms with E-state index in [0.29, 0.717) is 5.02 Å². The van der Waals surface area contributed by atoms with E-state index in [1.165, 1.54) is 0 Å². The zero-order chi connectivity index (χ0) is 14.9. The summed E-state index contributed by atoms with van der Waals surface area (Å²) in [6.45, 7) is 4.23. The van der Waals surface area contributed by atoms with Gasteiger partial charge in [0.15, 0.2) is 5.78 Å². The molecule has 0 spiro atoms. The van der Waals surface area contributed by atoms with E-state index >= 15 is 0 Å². The molecule has 20 heavy (non-hydrogen) atoms. The molecule has 0 atom stereocenters. The van der Waals surface area contributed by atoms with E-state index in [0.717, 1.165) is 42.7 Å². The van der Waals surface area contributed by atoms with Crippen LogP contribution < -0.4 is 0 Å². The lowest BCUT2D eigenvalue weighted by molar-refractivity contribution is 0.0513. The molecule has 1 fully saturated rings. The SMILES string of the molecule is Cc1ccc(C(=O)C2(N(C)C)CCC(C)CC2)cc1Cl. The monoisotopic (exact) mass is 293 g/mol. The summed E-state index contributed by atoms with van der Waals surface area (Å²) in [4.78, 5) is 15.1. The number of hydrogen-bond acceptors (Lipinski definition) is 2. The van der Waals surface area contributed by atoms with Crippen molar-refractivity contribution in [2.24, 2.45) is 5.92 Å². The van der Waals surface area contributed by atoms with Crippen LogP contribution in [0.4, 0.5) is 0 Å². The second-order valence-electron chi connectivity index (χ2n) is 6.40. The van der Waals surface area contributed by atoms with E-state index in [9.17, 15) is 4.79 Å². The maximum Gasteiger partial charge on any atom is 0.183 e. The van der Waals surface area contributed by atoms with Crippen molar-refractivity contribution >= 4 is 17.4 Å². The van der Waals surface area contributed by atoms with Gasteiger partial charge in [-0.1, -0.05) is 30.7 Å². The quantitative estimate of drug-likeness (QED) is 0.773. The predicted molar refractivity (Wildman–Crippen MR) is 84.6 cm³/mol. The third-order valence-corrected chi connectivity index (χ3v) is 5.22. The van der Waals surface area contributed by atoms with Gasteiger partial charge >= 0.3 is 0 Å². The largest absolute Gasteiger partial charge is 0.297 e. The smallest absolute Gasteiger partial charge is 0.183 e. The molecule has 2 nitrogen and oxygen atoms in total. The molecule has 0 N–H and O–H groups in total. The first kappa shape index (κ1) is 15.5. The molecule has 1 aliphatic carbocycles. The van der Waals surface area contributed by atoms with Crippen molar-refractivity contribution in [3.8, 4) is 0 Å². The van der Waals surface area contributed by atoms with Crippen LogP contribution in [-0.2, 0) is 0 Å². The van der Waals surface area contributed by atoms with Gasteiger partial charge in [0.25, 0.3) is 0 Å². The maximum absolute atomic E-state index is 13.0. The Hall–Kier alpha value is -0.860. The number of Topliss-reactive ketones (excluding diaryl/α,β-unsaturated/α-hetero) is 1. The molecule has 0 bridgehead atoms. The summed E-state index contributed by atoms with van der Waals surface area (Å²) in [5.41, 5.74) is 1.40. The molecule has 0 heterocycles. The summed E-state index contributed by atoms with van der Waals surface area (Å²) in [5.74, 6) is 0.939. The number of likely N-dealkylation sites (N-methyl/N-ethyl adjacent to an activating group) is 1. The summed E-state index contributed by atoms with van der Waals surface area (Å²) in [5, 5.41) is 0.675. The molecule has 110 valence electrons. The van der Waals surface area contributed by atoms with Gasteiger partial charge in [-0.15, -0.1) is 0 Å². The van der Waals surface area contributed by atoms with E-state index in [1.54, 1.807) is 0 Å². The molecule has 2 rings (SSSR count). The number of halogens is 1. The van der Waals surface area contributed by atoms with Gasteiger partial charge in [0, 0.05) is 10.6 Å². The minimum Gasteiger partial charge on any atom is -0.297 e. The van der Waals surface area contributed by atoms with Gasteiger partial charge in [0.1, 0.15) is 0 Å². The van der Waals surface area contributed by atoms with Gasteiger partial charge < -0.3 is 0 Å². The lowest BCUT2D eigenvalue weighted by atomic mass is 9.72. The number of aryl methyl sites for hydroxylation is 1. The molecule has 1 aromatic carbocycles. The highest BCUT2D eigenvalue weighted by atomic mass is 35.5. The van der Waals surface area contributed by atoms with E-state index in [1.807, 2.05) is 39.2 Å². The van der Waals surface area contributed by atoms with Crippen molar-refractivity contribution in [3.63, 3.8) is 0 Å². The van der Waals surface area contributed by atoms with E-state index in [2.05, 4.69) is 11.8 Å². The topological polar surface area (TPSA) is 20.3 Å². The Morgan fingerprint density at radius 3 is 2.40 bits per heavy atom. The Balaban J connectivity index is 2.34. The van der Waals surface area contributed by atoms with Crippen LogP contribution in [0.3, 0.4) is 0 Å². The summed E-state index contributed by atoms with van der Waals surface area (Å²) in [6, 6.07) is 5.67. The van der Waals surface area contributed by atoms with Crippen molar-refractivity contribution < 1.29 is 4.79 Å². The Bertz CT molecular complexity index is 502. The first-order valence-electron chi connectivity index (χ1n) is 7.35. The lowest BCUT2D eigenvalue weighted by Gasteiger charge is -2.43. The third kappa shape index (κ3) is 2.77. The van der Waals surface area contributed by atoms with Crippen LogP contribution >= 0.6 is 11.6 Å². The maximum atomic E-state index is 13.0. The second kappa shape index (κ2) is 5.87. The molecule has 1 saturated carbocycles. The molecule has 1 aromatic rings. The Morgan fingerprint density at radius 1 is 1.30 bits per heavy atom. The number of hydrogen-bond donors (Lipinski definition) is 0. The third-order valence-electron chi connectivity index (χ3n) is 4.81. The van der Waals surface area contributed by atoms with Crippen LogP contribution in [0.1, 0.15) is 48.5 Å². The lowest BCUT2D eigenvalue weighted by Crippen LogP contribution is -2.53. The van der Waals surface area contributed by atoms with Crippen LogP contribution in [0, 0.1) is 12.8 Å². The normalized spacial score (nSPS) is 26.8. The zero-order valence-corrected chi connectivity index (χ0v) is 13.6. The van der Waals surface area contributed by atoms with Crippen LogP contribution in [0.2, 0.25) is 5.02 Å². The van der Waals surface area contributed by atoms with Gasteiger partial charge in [0.05, 0.1) is 5.54 Å². The first-order chi connectivity index (χ1) is 9.36. The molecule has 0 aromatic heterocycles. The highest BCUT2D eigenvalue weighted by molar-refractivity contribution is 6.31. The highest BCUT2D eigenvalue weighted by Gasteiger charge is 2.43. The summed E-state index contributed by atoms with van der Waals surface area (Å²) < 4.78 is 0. The number of benzene rings is 1. The molecule has 3 heteroatoms. The number of carbonyl (C=O) groups is 1. The molecule has 0 amide bonds. The van der Waals surface area contributed by atoms with Crippen molar-refractivity contribution in [1.29, 1.82) is 0 Å². The van der Waals surface area contributed by atoms with Crippen LogP contribution in [0.15, 0.2) is 18.2 Å². The van der Waals surface area contributed by atoms with Gasteiger partial charge in [-0.3, -0.25) is 9.69 Å². The van der Waals surface area contributed by atoms with Gasteiger partial charge in [-0.25, -0.2) is 0 Å². The van der Waals surface area contributed by atoms with Gasteiger partial charge in [-0.2, -0.15) is 0 Å². The summed E-state index contributed by atoms with van der Waals surface area (Å²) in [7, 11) is 4.04. The Labute approximate surface area is 127 Å². The molecule has 0 aliphatic heterocycles. The summed E-state index contributed by atoms with van der Waals surface area (Å²) >= 11 is 6.18. The fourth-order valence-corrected chi connectivity index (χ4v) is 3.30. The van der Waals surface area contributed by atoms with Gasteiger partial charge in [0.2, 0.25) is 0 Å². The van der Waals surface area contributed by atoms with E-state index < -0.39 is 0 Å². The average molecular weight is 294 g/mol. The Kier molecular flexibility index (Phi) is 4.55. The molecule has 0 unspecified atom stereocenters. The van der Waals surface area contributed by atoms with Gasteiger partial charge in [-0.05, 0) is 64.3 Å². The Morgan fingerprint density at radius 2 is 1.90 bits per heavy atom. The summed E-state index contributed by atoms with van der Waals surface area (Å²) in [6.07, 6.45) is 4.10. The number of rotatable bonds is 3. The molecule has 0 saturated heterocycles. The fourth-order valence-electron chi connectivity index (χ4n) is 3.12. The number of nitrogens with zero attached hydrogens (tertiary/aromatic N) is 1. The standard InChI is InChI=1S/C17H24ClNO/c1-12-7-9-17(10-8-12,19(3)4)16(20)14-6-5-13(2)15(18)11-14/h5-6,11-12H,7-10H2,1-4H3. The van der Waals surface area contributed by atoms with E-state index in [-0.39, 0.29) is 11.3 Å². The molecular weight excluding hydrogens is 270 g/mol. The van der Waals surface area contributed by atoms with Crippen molar-refractivity contribution in [2.45, 2.75) is 45.1 Å². The van der Waals surface area contributed by atoms with Crippen LogP contribution in [0.5, 0.6) is 0 Å². The predicted octanol–water partition coefficient (Wildman–Crippen LogP) is 4.34. The zero-order valence-electron chi connectivity index (χ0n) is 12.9. The van der Waals surface area contributed by atoms with Crippen molar-refractivity contribution in [2.75, 3.05) is 14.1 Å². The van der Waals surface area contributed by atoms with Crippen LogP contribution in [0.25, 0.3) is 0 Å². The minimum atomic E-state index is -0.356. The minimum absolute atomic E-state index is 0.219. The molecular formula is C17H24ClNO. The van der Waals surface area contributed by atoms with E-state index in [4.69, 9.17) is 11.6 Å². The number of carbonyl (C=O) groups excluding carboxylic acids is 1. The van der Waals surface area contributed by atoms with Crippen molar-refractivity contribution in [1.82, 2.24) is 4.90 Å². The average Bonchev–Trinajstić information content (AvgIpc) is 2.42. The molecule has 1 aliphatic rings.